The third-order valence-corrected chi connectivity index (χ3v) is 6.64. The van der Waals surface area contributed by atoms with Gasteiger partial charge in [-0.2, -0.15) is 18.3 Å². The lowest BCUT2D eigenvalue weighted by molar-refractivity contribution is -0.139. The molecule has 40 heavy (non-hydrogen) atoms. The summed E-state index contributed by atoms with van der Waals surface area (Å²) < 4.78 is 41.0. The van der Waals surface area contributed by atoms with Gasteiger partial charge in [-0.25, -0.2) is 14.3 Å². The van der Waals surface area contributed by atoms with Crippen molar-refractivity contribution in [2.45, 2.75) is 18.6 Å². The maximum atomic E-state index is 13.2. The average Bonchev–Trinajstić information content (AvgIpc) is 3.37. The van der Waals surface area contributed by atoms with Crippen LogP contribution in [0.4, 0.5) is 13.2 Å². The first-order chi connectivity index (χ1) is 19.1. The van der Waals surface area contributed by atoms with Gasteiger partial charge in [0, 0.05) is 34.3 Å². The van der Waals surface area contributed by atoms with Crippen LogP contribution in [0.3, 0.4) is 0 Å². The van der Waals surface area contributed by atoms with Crippen LogP contribution in [0.5, 0.6) is 0 Å². The number of aromatic nitrogens is 3. The van der Waals surface area contributed by atoms with E-state index in [-0.39, 0.29) is 17.6 Å². The van der Waals surface area contributed by atoms with E-state index in [1.807, 2.05) is 0 Å². The van der Waals surface area contributed by atoms with Gasteiger partial charge in [0.25, 0.3) is 5.91 Å². The normalized spacial score (nSPS) is 12.3. The van der Waals surface area contributed by atoms with Crippen molar-refractivity contribution in [3.05, 3.63) is 113 Å². The molecule has 0 bridgehead atoms. The summed E-state index contributed by atoms with van der Waals surface area (Å²) in [5.41, 5.74) is 1.75. The van der Waals surface area contributed by atoms with Crippen LogP contribution in [0.15, 0.2) is 91.3 Å². The number of carbonyl (C=O) groups is 2. The van der Waals surface area contributed by atoms with E-state index >= 15 is 0 Å². The summed E-state index contributed by atoms with van der Waals surface area (Å²) in [6, 6.07) is 19.0. The van der Waals surface area contributed by atoms with E-state index in [0.717, 1.165) is 17.7 Å². The second-order valence-electron chi connectivity index (χ2n) is 8.92. The molecule has 0 unspecified atom stereocenters. The topological polar surface area (TPSA) is 96.6 Å². The molecule has 0 saturated carbocycles. The van der Waals surface area contributed by atoms with Crippen molar-refractivity contribution in [1.82, 2.24) is 19.9 Å². The molecule has 0 spiro atoms. The molecule has 0 radical (unpaired) electrons. The molecule has 5 rings (SSSR count). The molecular weight excluding hydrogens is 545 g/mol. The summed E-state index contributed by atoms with van der Waals surface area (Å²) in [5.74, 6) is -1.93. The Morgan fingerprint density at radius 1 is 0.925 bits per heavy atom. The molecule has 3 aromatic carbocycles. The summed E-state index contributed by atoms with van der Waals surface area (Å²) in [7, 11) is 0. The SMILES string of the molecule is O=C(N[C@@H](Cc1ccccc1)C(=O)O)c1cnn2c(-c3ccc(C(F)(F)F)cc3)c(-c3ccccc3Cl)cnc12. The van der Waals surface area contributed by atoms with Crippen molar-refractivity contribution in [2.75, 3.05) is 0 Å². The number of nitrogens with zero attached hydrogens (tertiary/aromatic N) is 3. The van der Waals surface area contributed by atoms with Crippen molar-refractivity contribution in [3.8, 4) is 22.4 Å². The fourth-order valence-corrected chi connectivity index (χ4v) is 4.59. The average molecular weight is 565 g/mol. The minimum Gasteiger partial charge on any atom is -0.480 e. The van der Waals surface area contributed by atoms with Crippen LogP contribution in [-0.4, -0.2) is 37.6 Å². The van der Waals surface area contributed by atoms with Gasteiger partial charge in [-0.15, -0.1) is 0 Å². The highest BCUT2D eigenvalue weighted by Gasteiger charge is 2.30. The number of carboxylic acid groups (broad SMARTS) is 1. The van der Waals surface area contributed by atoms with Gasteiger partial charge >= 0.3 is 12.1 Å². The van der Waals surface area contributed by atoms with Gasteiger partial charge in [0.15, 0.2) is 5.65 Å². The molecular formula is C29H20ClF3N4O3. The van der Waals surface area contributed by atoms with Crippen molar-refractivity contribution >= 4 is 29.1 Å². The molecule has 11 heteroatoms. The van der Waals surface area contributed by atoms with Crippen molar-refractivity contribution in [2.24, 2.45) is 0 Å². The summed E-state index contributed by atoms with van der Waals surface area (Å²) >= 11 is 6.44. The lowest BCUT2D eigenvalue weighted by atomic mass is 9.99. The smallest absolute Gasteiger partial charge is 0.416 e. The lowest BCUT2D eigenvalue weighted by Crippen LogP contribution is -2.42. The van der Waals surface area contributed by atoms with E-state index in [4.69, 9.17) is 11.6 Å². The number of fused-ring (bicyclic) bond motifs is 1. The zero-order valence-electron chi connectivity index (χ0n) is 20.6. The first kappa shape index (κ1) is 26.9. The number of hydrogen-bond donors (Lipinski definition) is 2. The van der Waals surface area contributed by atoms with Crippen LogP contribution in [0, 0.1) is 0 Å². The summed E-state index contributed by atoms with van der Waals surface area (Å²) in [6.45, 7) is 0. The van der Waals surface area contributed by atoms with Crippen molar-refractivity contribution < 1.29 is 27.9 Å². The molecule has 0 aliphatic carbocycles. The third kappa shape index (κ3) is 5.39. The number of carboxylic acids is 1. The largest absolute Gasteiger partial charge is 0.480 e. The van der Waals surface area contributed by atoms with Gasteiger partial charge in [-0.05, 0) is 23.8 Å². The van der Waals surface area contributed by atoms with E-state index in [0.29, 0.717) is 27.4 Å². The number of hydrogen-bond acceptors (Lipinski definition) is 4. The van der Waals surface area contributed by atoms with Gasteiger partial charge in [-0.1, -0.05) is 72.3 Å². The Kier molecular flexibility index (Phi) is 7.27. The predicted octanol–water partition coefficient (Wildman–Crippen LogP) is 6.16. The molecule has 0 fully saturated rings. The van der Waals surface area contributed by atoms with Crippen LogP contribution in [0.25, 0.3) is 28.0 Å². The highest BCUT2D eigenvalue weighted by molar-refractivity contribution is 6.33. The van der Waals surface area contributed by atoms with E-state index in [1.54, 1.807) is 54.6 Å². The van der Waals surface area contributed by atoms with Gasteiger partial charge in [0.1, 0.15) is 11.6 Å². The van der Waals surface area contributed by atoms with Gasteiger partial charge in [0.2, 0.25) is 0 Å². The third-order valence-electron chi connectivity index (χ3n) is 6.31. The fraction of sp³-hybridized carbons (Fsp3) is 0.103. The Morgan fingerprint density at radius 3 is 2.25 bits per heavy atom. The highest BCUT2D eigenvalue weighted by atomic mass is 35.5. The van der Waals surface area contributed by atoms with E-state index in [2.05, 4.69) is 15.4 Å². The Labute approximate surface area is 230 Å². The number of nitrogens with one attached hydrogen (secondary N) is 1. The number of carbonyl (C=O) groups excluding carboxylic acids is 1. The lowest BCUT2D eigenvalue weighted by Gasteiger charge is -2.15. The number of rotatable bonds is 7. The van der Waals surface area contributed by atoms with Crippen LogP contribution in [0.1, 0.15) is 21.5 Å². The maximum absolute atomic E-state index is 13.2. The minimum absolute atomic E-state index is 0.00168. The molecule has 202 valence electrons. The van der Waals surface area contributed by atoms with E-state index < -0.39 is 29.7 Å². The Morgan fingerprint density at radius 2 is 1.60 bits per heavy atom. The van der Waals surface area contributed by atoms with Crippen molar-refractivity contribution in [3.63, 3.8) is 0 Å². The number of alkyl halides is 3. The first-order valence-corrected chi connectivity index (χ1v) is 12.4. The van der Waals surface area contributed by atoms with Gasteiger partial charge < -0.3 is 10.4 Å². The molecule has 7 nitrogen and oxygen atoms in total. The van der Waals surface area contributed by atoms with Gasteiger partial charge in [-0.3, -0.25) is 4.79 Å². The maximum Gasteiger partial charge on any atom is 0.416 e. The number of halogens is 4. The Bertz CT molecular complexity index is 1700. The summed E-state index contributed by atoms with van der Waals surface area (Å²) in [6.07, 6.45) is -1.76. The second-order valence-corrected chi connectivity index (χ2v) is 9.33. The summed E-state index contributed by atoms with van der Waals surface area (Å²) in [4.78, 5) is 29.5. The molecule has 0 aliphatic heterocycles. The number of amides is 1. The molecule has 2 heterocycles. The van der Waals surface area contributed by atoms with E-state index in [9.17, 15) is 27.9 Å². The standard InChI is InChI=1S/C29H20ClF3N4O3/c30-23-9-5-4-8-20(23)21-15-34-26-22(27(38)36-24(28(39)40)14-17-6-2-1-3-7-17)16-35-37(26)25(21)18-10-12-19(13-11-18)29(31,32)33/h1-13,15-16,24H,14H2,(H,36,38)(H,39,40)/t24-/m0/s1. The second kappa shape index (κ2) is 10.8. The molecule has 2 aromatic heterocycles. The molecule has 5 aromatic rings. The molecule has 2 N–H and O–H groups in total. The quantitative estimate of drug-likeness (QED) is 0.247. The zero-order valence-corrected chi connectivity index (χ0v) is 21.3. The van der Waals surface area contributed by atoms with Crippen LogP contribution in [-0.2, 0) is 17.4 Å². The van der Waals surface area contributed by atoms with E-state index in [1.165, 1.54) is 29.0 Å². The zero-order chi connectivity index (χ0) is 28.4. The fourth-order valence-electron chi connectivity index (χ4n) is 4.35. The summed E-state index contributed by atoms with van der Waals surface area (Å²) in [5, 5.41) is 16.9. The van der Waals surface area contributed by atoms with Crippen LogP contribution >= 0.6 is 11.6 Å². The first-order valence-electron chi connectivity index (χ1n) is 12.0. The van der Waals surface area contributed by atoms with Crippen LogP contribution in [0.2, 0.25) is 5.02 Å². The highest BCUT2D eigenvalue weighted by Crippen LogP contribution is 2.37. The number of aliphatic carboxylic acids is 1. The Balaban J connectivity index is 1.59. The monoisotopic (exact) mass is 564 g/mol. The number of benzene rings is 3. The molecule has 0 aliphatic rings. The van der Waals surface area contributed by atoms with Crippen LogP contribution < -0.4 is 5.32 Å². The Hall–Kier alpha value is -4.70. The van der Waals surface area contributed by atoms with Gasteiger partial charge in [0.05, 0.1) is 17.5 Å². The minimum atomic E-state index is -4.52. The molecule has 1 amide bonds. The predicted molar refractivity (Wildman–Crippen MR) is 143 cm³/mol. The van der Waals surface area contributed by atoms with Crippen molar-refractivity contribution in [1.29, 1.82) is 0 Å². The molecule has 0 saturated heterocycles. The molecule has 1 atom stereocenters.